The standard InChI is InChI=1S/C27H25ClN4O2/c1-17-5-4-6-23(18(17)2)29-16-26(33)32-27-30-24(19-7-11-21(28)12-8-19)15-25(31-27)20-9-13-22(34-3)14-10-20/h4-15,29H,16H2,1-3H3,(H,30,31,32,33). The molecule has 1 heterocycles. The van der Waals surface area contributed by atoms with Crippen LogP contribution in [-0.2, 0) is 4.79 Å². The molecule has 3 aromatic carbocycles. The minimum absolute atomic E-state index is 0.0939. The van der Waals surface area contributed by atoms with Gasteiger partial charge in [0.05, 0.1) is 25.0 Å². The predicted octanol–water partition coefficient (Wildman–Crippen LogP) is 6.14. The number of amides is 1. The largest absolute Gasteiger partial charge is 0.497 e. The SMILES string of the molecule is COc1ccc(-c2cc(-c3ccc(Cl)cc3)nc(NC(=O)CNc3cccc(C)c3C)n2)cc1. The molecule has 0 aliphatic rings. The maximum atomic E-state index is 12.7. The summed E-state index contributed by atoms with van der Waals surface area (Å²) in [4.78, 5) is 21.9. The van der Waals surface area contributed by atoms with E-state index in [1.807, 2.05) is 74.5 Å². The van der Waals surface area contributed by atoms with E-state index in [1.54, 1.807) is 19.2 Å². The van der Waals surface area contributed by atoms with Crippen LogP contribution in [0.3, 0.4) is 0 Å². The minimum atomic E-state index is -0.241. The van der Waals surface area contributed by atoms with Gasteiger partial charge in [0.1, 0.15) is 5.75 Å². The Hall–Kier alpha value is -3.90. The highest BCUT2D eigenvalue weighted by Gasteiger charge is 2.12. The molecular weight excluding hydrogens is 448 g/mol. The molecule has 0 bridgehead atoms. The number of carbonyl (C=O) groups excluding carboxylic acids is 1. The maximum Gasteiger partial charge on any atom is 0.246 e. The van der Waals surface area contributed by atoms with Gasteiger partial charge >= 0.3 is 0 Å². The van der Waals surface area contributed by atoms with Crippen LogP contribution in [0.15, 0.2) is 72.8 Å². The lowest BCUT2D eigenvalue weighted by Gasteiger charge is -2.12. The minimum Gasteiger partial charge on any atom is -0.497 e. The summed E-state index contributed by atoms with van der Waals surface area (Å²) in [7, 11) is 1.62. The van der Waals surface area contributed by atoms with Crippen molar-refractivity contribution in [3.63, 3.8) is 0 Å². The van der Waals surface area contributed by atoms with Gasteiger partial charge in [0, 0.05) is 21.8 Å². The van der Waals surface area contributed by atoms with Gasteiger partial charge < -0.3 is 10.1 Å². The second-order valence-electron chi connectivity index (χ2n) is 7.85. The molecule has 0 aliphatic carbocycles. The van der Waals surface area contributed by atoms with Crippen LogP contribution < -0.4 is 15.4 Å². The third-order valence-electron chi connectivity index (χ3n) is 5.55. The van der Waals surface area contributed by atoms with Crippen molar-refractivity contribution in [3.05, 3.63) is 88.9 Å². The fraction of sp³-hybridized carbons (Fsp3) is 0.148. The smallest absolute Gasteiger partial charge is 0.246 e. The van der Waals surface area contributed by atoms with Crippen LogP contribution in [0.2, 0.25) is 5.02 Å². The molecule has 2 N–H and O–H groups in total. The summed E-state index contributed by atoms with van der Waals surface area (Å²) in [5, 5.41) is 6.65. The van der Waals surface area contributed by atoms with Crippen molar-refractivity contribution in [1.82, 2.24) is 9.97 Å². The molecule has 0 aliphatic heterocycles. The third-order valence-corrected chi connectivity index (χ3v) is 5.80. The average molecular weight is 473 g/mol. The van der Waals surface area contributed by atoms with Gasteiger partial charge in [-0.3, -0.25) is 10.1 Å². The molecule has 0 atom stereocenters. The second kappa shape index (κ2) is 10.4. The molecule has 4 aromatic rings. The van der Waals surface area contributed by atoms with Crippen LogP contribution in [0.5, 0.6) is 5.75 Å². The summed E-state index contributed by atoms with van der Waals surface area (Å²) in [6, 6.07) is 22.8. The molecule has 0 unspecified atom stereocenters. The Morgan fingerprint density at radius 3 is 2.15 bits per heavy atom. The van der Waals surface area contributed by atoms with Gasteiger partial charge in [0.2, 0.25) is 11.9 Å². The number of benzene rings is 3. The number of hydrogen-bond donors (Lipinski definition) is 2. The summed E-state index contributed by atoms with van der Waals surface area (Å²) in [6.07, 6.45) is 0. The van der Waals surface area contributed by atoms with Crippen LogP contribution in [-0.4, -0.2) is 29.5 Å². The van der Waals surface area contributed by atoms with Crippen LogP contribution in [0.25, 0.3) is 22.5 Å². The quantitative estimate of drug-likeness (QED) is 0.338. The van der Waals surface area contributed by atoms with E-state index >= 15 is 0 Å². The van der Waals surface area contributed by atoms with Crippen LogP contribution in [0, 0.1) is 13.8 Å². The van der Waals surface area contributed by atoms with Crippen molar-refractivity contribution in [2.45, 2.75) is 13.8 Å². The van der Waals surface area contributed by atoms with Crippen LogP contribution >= 0.6 is 11.6 Å². The van der Waals surface area contributed by atoms with Crippen molar-refractivity contribution in [3.8, 4) is 28.3 Å². The first-order valence-corrected chi connectivity index (χ1v) is 11.2. The number of rotatable bonds is 7. The number of anilines is 2. The number of hydrogen-bond acceptors (Lipinski definition) is 5. The van der Waals surface area contributed by atoms with Gasteiger partial charge in [0.25, 0.3) is 0 Å². The predicted molar refractivity (Wildman–Crippen MR) is 138 cm³/mol. The number of nitrogens with one attached hydrogen (secondary N) is 2. The zero-order valence-corrected chi connectivity index (χ0v) is 20.0. The third kappa shape index (κ3) is 5.53. The first kappa shape index (κ1) is 23.3. The molecule has 4 rings (SSSR count). The van der Waals surface area contributed by atoms with Crippen molar-refractivity contribution in [2.75, 3.05) is 24.3 Å². The Morgan fingerprint density at radius 1 is 0.912 bits per heavy atom. The molecule has 6 nitrogen and oxygen atoms in total. The van der Waals surface area contributed by atoms with E-state index in [1.165, 1.54) is 0 Å². The fourth-order valence-electron chi connectivity index (χ4n) is 3.47. The summed E-state index contributed by atoms with van der Waals surface area (Å²) in [5.74, 6) is 0.739. The molecule has 172 valence electrons. The molecule has 7 heteroatoms. The molecule has 0 saturated heterocycles. The van der Waals surface area contributed by atoms with E-state index in [9.17, 15) is 4.79 Å². The number of halogens is 1. The molecular formula is C27H25ClN4O2. The van der Waals surface area contributed by atoms with E-state index in [2.05, 4.69) is 20.6 Å². The summed E-state index contributed by atoms with van der Waals surface area (Å²) in [6.45, 7) is 4.16. The zero-order valence-electron chi connectivity index (χ0n) is 19.2. The first-order chi connectivity index (χ1) is 16.4. The molecule has 34 heavy (non-hydrogen) atoms. The maximum absolute atomic E-state index is 12.7. The van der Waals surface area contributed by atoms with E-state index < -0.39 is 0 Å². The molecule has 0 spiro atoms. The number of ether oxygens (including phenoxy) is 1. The second-order valence-corrected chi connectivity index (χ2v) is 8.28. The first-order valence-electron chi connectivity index (χ1n) is 10.8. The highest BCUT2D eigenvalue weighted by Crippen LogP contribution is 2.27. The van der Waals surface area contributed by atoms with Gasteiger partial charge in [-0.2, -0.15) is 0 Å². The summed E-state index contributed by atoms with van der Waals surface area (Å²) >= 11 is 6.05. The van der Waals surface area contributed by atoms with Crippen molar-refractivity contribution in [2.24, 2.45) is 0 Å². The summed E-state index contributed by atoms with van der Waals surface area (Å²) < 4.78 is 5.26. The van der Waals surface area contributed by atoms with E-state index in [4.69, 9.17) is 16.3 Å². The van der Waals surface area contributed by atoms with Crippen LogP contribution in [0.4, 0.5) is 11.6 Å². The Labute approximate surface area is 204 Å². The number of methoxy groups -OCH3 is 1. The number of nitrogens with zero attached hydrogens (tertiary/aromatic N) is 2. The molecule has 0 fully saturated rings. The van der Waals surface area contributed by atoms with E-state index in [0.717, 1.165) is 33.7 Å². The molecule has 0 saturated carbocycles. The monoisotopic (exact) mass is 472 g/mol. The Balaban J connectivity index is 1.60. The lowest BCUT2D eigenvalue weighted by molar-refractivity contribution is -0.114. The molecule has 0 radical (unpaired) electrons. The lowest BCUT2D eigenvalue weighted by atomic mass is 10.1. The summed E-state index contributed by atoms with van der Waals surface area (Å²) in [5.41, 5.74) is 6.29. The Bertz CT molecular complexity index is 1310. The van der Waals surface area contributed by atoms with E-state index in [-0.39, 0.29) is 18.4 Å². The highest BCUT2D eigenvalue weighted by molar-refractivity contribution is 6.30. The van der Waals surface area contributed by atoms with Gasteiger partial charge in [-0.25, -0.2) is 9.97 Å². The average Bonchev–Trinajstić information content (AvgIpc) is 2.85. The normalized spacial score (nSPS) is 10.6. The Kier molecular flexibility index (Phi) is 7.09. The number of aryl methyl sites for hydroxylation is 1. The number of aromatic nitrogens is 2. The van der Waals surface area contributed by atoms with Gasteiger partial charge in [-0.05, 0) is 73.5 Å². The van der Waals surface area contributed by atoms with Crippen molar-refractivity contribution < 1.29 is 9.53 Å². The van der Waals surface area contributed by atoms with Crippen LogP contribution in [0.1, 0.15) is 11.1 Å². The molecule has 1 amide bonds. The van der Waals surface area contributed by atoms with Gasteiger partial charge in [-0.1, -0.05) is 35.9 Å². The van der Waals surface area contributed by atoms with Crippen molar-refractivity contribution >= 4 is 29.1 Å². The fourth-order valence-corrected chi connectivity index (χ4v) is 3.59. The van der Waals surface area contributed by atoms with Gasteiger partial charge in [0.15, 0.2) is 0 Å². The van der Waals surface area contributed by atoms with E-state index in [0.29, 0.717) is 16.4 Å². The van der Waals surface area contributed by atoms with Gasteiger partial charge in [-0.15, -0.1) is 0 Å². The van der Waals surface area contributed by atoms with Crippen molar-refractivity contribution in [1.29, 1.82) is 0 Å². The lowest BCUT2D eigenvalue weighted by Crippen LogP contribution is -2.23. The number of carbonyl (C=O) groups is 1. The Morgan fingerprint density at radius 2 is 1.53 bits per heavy atom. The zero-order chi connectivity index (χ0) is 24.1. The molecule has 1 aromatic heterocycles. The topological polar surface area (TPSA) is 76.1 Å². The highest BCUT2D eigenvalue weighted by atomic mass is 35.5.